The highest BCUT2D eigenvalue weighted by atomic mass is 14.9. The highest BCUT2D eigenvalue weighted by Gasteiger charge is 2.19. The number of aryl methyl sites for hydroxylation is 2. The summed E-state index contributed by atoms with van der Waals surface area (Å²) in [5.41, 5.74) is 11.0. The van der Waals surface area contributed by atoms with E-state index in [9.17, 15) is 0 Å². The van der Waals surface area contributed by atoms with Gasteiger partial charge in [-0.1, -0.05) is 148 Å². The molecule has 1 aromatic heterocycles. The molecule has 1 aliphatic rings. The smallest absolute Gasteiger partial charge is 0.0659 e. The van der Waals surface area contributed by atoms with Gasteiger partial charge >= 0.3 is 0 Å². The molecule has 5 rings (SSSR count). The minimum Gasteiger partial charge on any atom is -0.384 e. The van der Waals surface area contributed by atoms with Crippen LogP contribution in [0.25, 0.3) is 43.8 Å². The summed E-state index contributed by atoms with van der Waals surface area (Å²) in [5.74, 6) is 0.783. The lowest BCUT2D eigenvalue weighted by Gasteiger charge is -2.22. The van der Waals surface area contributed by atoms with Crippen molar-refractivity contribution in [2.75, 3.05) is 0 Å². The van der Waals surface area contributed by atoms with Crippen LogP contribution in [-0.2, 0) is 0 Å². The van der Waals surface area contributed by atoms with Gasteiger partial charge in [0.1, 0.15) is 0 Å². The molecular weight excluding hydrogens is 581 g/mol. The Morgan fingerprint density at radius 1 is 0.854 bits per heavy atom. The molecule has 2 heteroatoms. The third-order valence-corrected chi connectivity index (χ3v) is 9.64. The second-order valence-corrected chi connectivity index (χ2v) is 13.5. The lowest BCUT2D eigenvalue weighted by Crippen LogP contribution is -2.29. The van der Waals surface area contributed by atoms with E-state index in [0.717, 1.165) is 29.7 Å². The number of dihydropyridines is 1. The number of fused-ring (bicyclic) bond motifs is 2. The molecule has 2 heterocycles. The number of benzene rings is 3. The highest BCUT2D eigenvalue weighted by molar-refractivity contribution is 6.19. The first-order valence-electron chi connectivity index (χ1n) is 17.6. The number of aromatic nitrogens is 1. The van der Waals surface area contributed by atoms with Crippen molar-refractivity contribution in [3.05, 3.63) is 150 Å². The minimum absolute atomic E-state index is 0.281. The molecule has 2 nitrogen and oxygen atoms in total. The first-order valence-corrected chi connectivity index (χ1v) is 17.6. The second-order valence-electron chi connectivity index (χ2n) is 13.5. The number of rotatable bonds is 11. The summed E-state index contributed by atoms with van der Waals surface area (Å²) < 4.78 is 0. The molecule has 0 radical (unpaired) electrons. The van der Waals surface area contributed by atoms with E-state index in [1.165, 1.54) is 54.9 Å². The van der Waals surface area contributed by atoms with Crippen LogP contribution < -0.4 is 5.32 Å². The summed E-state index contributed by atoms with van der Waals surface area (Å²) >= 11 is 0. The fraction of sp³-hybridized carbons (Fsp3) is 0.283. The molecule has 0 bridgehead atoms. The summed E-state index contributed by atoms with van der Waals surface area (Å²) in [6.45, 7) is 17.8. The van der Waals surface area contributed by atoms with Crippen molar-refractivity contribution in [2.24, 2.45) is 11.8 Å². The van der Waals surface area contributed by atoms with Crippen LogP contribution in [-0.4, -0.2) is 11.0 Å². The topological polar surface area (TPSA) is 24.9 Å². The lowest BCUT2D eigenvalue weighted by atomic mass is 9.83. The van der Waals surface area contributed by atoms with E-state index in [2.05, 4.69) is 176 Å². The fourth-order valence-corrected chi connectivity index (χ4v) is 6.29. The normalized spacial score (nSPS) is 17.2. The lowest BCUT2D eigenvalue weighted by molar-refractivity contribution is 0.559. The third kappa shape index (κ3) is 8.05. The largest absolute Gasteiger partial charge is 0.384 e. The highest BCUT2D eigenvalue weighted by Crippen LogP contribution is 2.43. The molecule has 246 valence electrons. The van der Waals surface area contributed by atoms with Gasteiger partial charge < -0.3 is 5.32 Å². The maximum atomic E-state index is 4.98. The fourth-order valence-electron chi connectivity index (χ4n) is 6.29. The summed E-state index contributed by atoms with van der Waals surface area (Å²) in [5, 5.41) is 8.60. The monoisotopic (exact) mass is 632 g/mol. The Balaban J connectivity index is 1.68. The molecule has 0 aliphatic carbocycles. The Bertz CT molecular complexity index is 1910. The van der Waals surface area contributed by atoms with Crippen LogP contribution in [0.3, 0.4) is 0 Å². The predicted molar refractivity (Wildman–Crippen MR) is 212 cm³/mol. The van der Waals surface area contributed by atoms with Crippen molar-refractivity contribution >= 4 is 32.7 Å². The zero-order valence-corrected chi connectivity index (χ0v) is 30.1. The van der Waals surface area contributed by atoms with Crippen LogP contribution in [0.4, 0.5) is 0 Å². The van der Waals surface area contributed by atoms with E-state index in [4.69, 9.17) is 4.98 Å². The second kappa shape index (κ2) is 15.9. The molecule has 1 aliphatic heterocycles. The summed E-state index contributed by atoms with van der Waals surface area (Å²) in [7, 11) is 0. The Labute approximate surface area is 289 Å². The molecule has 3 unspecified atom stereocenters. The van der Waals surface area contributed by atoms with Gasteiger partial charge in [-0.15, -0.1) is 0 Å². The summed E-state index contributed by atoms with van der Waals surface area (Å²) in [6.07, 6.45) is 28.5. The Morgan fingerprint density at radius 2 is 1.54 bits per heavy atom. The molecule has 0 amide bonds. The Hall–Kier alpha value is -4.69. The summed E-state index contributed by atoms with van der Waals surface area (Å²) in [4.78, 5) is 4.98. The van der Waals surface area contributed by atoms with Crippen molar-refractivity contribution in [1.82, 2.24) is 10.3 Å². The van der Waals surface area contributed by atoms with Gasteiger partial charge in [0.25, 0.3) is 0 Å². The van der Waals surface area contributed by atoms with Crippen molar-refractivity contribution in [3.63, 3.8) is 0 Å². The van der Waals surface area contributed by atoms with Gasteiger partial charge in [0.2, 0.25) is 0 Å². The van der Waals surface area contributed by atoms with Crippen LogP contribution in [0.15, 0.2) is 127 Å². The minimum atomic E-state index is 0.281. The quantitative estimate of drug-likeness (QED) is 0.131. The molecule has 3 aromatic carbocycles. The maximum Gasteiger partial charge on any atom is 0.0659 e. The standard InChI is InChI=1S/C46H52N2/c1-9-31(3)15-11-12-16-35(7)44-25-22-38(30-48-44)46-39-23-18-33(5)28-41(39)45(42-29-34(6)19-24-40(42)46)37(27-32(4)10-2)21-20-36(8)43-17-13-14-26-47-43/h11-30,32,36,43,47H,9-10H2,1-8H3/b12-11-,21-20-,31-15+,35-16+,37-27+. The zero-order chi connectivity index (χ0) is 34.2. The Morgan fingerprint density at radius 3 is 2.12 bits per heavy atom. The van der Waals surface area contributed by atoms with Gasteiger partial charge in [-0.05, 0) is 108 Å². The average Bonchev–Trinajstić information content (AvgIpc) is 3.10. The van der Waals surface area contributed by atoms with Crippen molar-refractivity contribution < 1.29 is 0 Å². The van der Waals surface area contributed by atoms with E-state index < -0.39 is 0 Å². The molecule has 1 N–H and O–H groups in total. The van der Waals surface area contributed by atoms with Crippen LogP contribution in [0, 0.1) is 25.7 Å². The molecule has 4 aromatic rings. The van der Waals surface area contributed by atoms with Crippen molar-refractivity contribution in [1.29, 1.82) is 0 Å². The van der Waals surface area contributed by atoms with Gasteiger partial charge in [-0.2, -0.15) is 0 Å². The van der Waals surface area contributed by atoms with Crippen molar-refractivity contribution in [2.45, 2.75) is 74.3 Å². The van der Waals surface area contributed by atoms with Gasteiger partial charge in [0, 0.05) is 11.8 Å². The van der Waals surface area contributed by atoms with E-state index in [-0.39, 0.29) is 6.04 Å². The van der Waals surface area contributed by atoms with Crippen LogP contribution >= 0.6 is 0 Å². The molecule has 0 saturated carbocycles. The molecule has 0 spiro atoms. The van der Waals surface area contributed by atoms with Crippen molar-refractivity contribution in [3.8, 4) is 11.1 Å². The van der Waals surface area contributed by atoms with E-state index in [0.29, 0.717) is 11.8 Å². The SMILES string of the molecule is CC/C(C)=C/C=C\C=C(/C)c1ccc(-c2c3ccc(C)cc3c(C(/C=C\C(C)C3C=CC=CN3)=C/C(C)CC)c3cc(C)ccc23)cn1. The number of nitrogens with one attached hydrogen (secondary N) is 1. The molecule has 48 heavy (non-hydrogen) atoms. The number of hydrogen-bond acceptors (Lipinski definition) is 2. The molecular formula is C46H52N2. The third-order valence-electron chi connectivity index (χ3n) is 9.64. The first kappa shape index (κ1) is 34.6. The maximum absolute atomic E-state index is 4.98. The molecule has 0 saturated heterocycles. The Kier molecular flexibility index (Phi) is 11.5. The van der Waals surface area contributed by atoms with Gasteiger partial charge in [-0.25, -0.2) is 0 Å². The van der Waals surface area contributed by atoms with E-state index in [1.54, 1.807) is 0 Å². The van der Waals surface area contributed by atoms with Gasteiger partial charge in [0.15, 0.2) is 0 Å². The first-order chi connectivity index (χ1) is 23.2. The van der Waals surface area contributed by atoms with Crippen LogP contribution in [0.5, 0.6) is 0 Å². The number of hydrogen-bond donors (Lipinski definition) is 1. The van der Waals surface area contributed by atoms with E-state index in [1.807, 2.05) is 6.20 Å². The van der Waals surface area contributed by atoms with E-state index >= 15 is 0 Å². The van der Waals surface area contributed by atoms with Gasteiger partial charge in [0.05, 0.1) is 11.7 Å². The predicted octanol–water partition coefficient (Wildman–Crippen LogP) is 12.7. The molecule has 0 fully saturated rings. The average molecular weight is 633 g/mol. The van der Waals surface area contributed by atoms with Crippen LogP contribution in [0.2, 0.25) is 0 Å². The van der Waals surface area contributed by atoms with Gasteiger partial charge in [-0.3, -0.25) is 4.98 Å². The number of allylic oxidation sites excluding steroid dienone is 11. The molecule has 3 atom stereocenters. The number of pyridine rings is 1. The zero-order valence-electron chi connectivity index (χ0n) is 30.1. The number of nitrogens with zero attached hydrogens (tertiary/aromatic N) is 1. The summed E-state index contributed by atoms with van der Waals surface area (Å²) in [6, 6.07) is 18.6. The van der Waals surface area contributed by atoms with Crippen LogP contribution in [0.1, 0.15) is 76.8 Å².